The van der Waals surface area contributed by atoms with E-state index in [-0.39, 0.29) is 18.2 Å². The van der Waals surface area contributed by atoms with Gasteiger partial charge in [-0.15, -0.1) is 0 Å². The molecule has 1 aromatic heterocycles. The lowest BCUT2D eigenvalue weighted by Gasteiger charge is -2.17. The molecule has 4 N–H and O–H groups in total. The lowest BCUT2D eigenvalue weighted by molar-refractivity contribution is -0.142. The Bertz CT molecular complexity index is 391. The van der Waals surface area contributed by atoms with Crippen molar-refractivity contribution in [3.05, 3.63) is 18.2 Å². The molecule has 0 radical (unpaired) electrons. The van der Waals surface area contributed by atoms with Crippen LogP contribution in [-0.4, -0.2) is 46.6 Å². The number of imidazole rings is 1. The number of carbonyl (C=O) groups is 2. The highest BCUT2D eigenvalue weighted by Gasteiger charge is 2.23. The van der Waals surface area contributed by atoms with Crippen LogP contribution in [0, 0.1) is 5.92 Å². The molecular weight excluding hydrogens is 236 g/mol. The molecule has 1 unspecified atom stereocenters. The van der Waals surface area contributed by atoms with Crippen LogP contribution in [0.4, 0.5) is 0 Å². The van der Waals surface area contributed by atoms with Crippen molar-refractivity contribution < 1.29 is 14.7 Å². The van der Waals surface area contributed by atoms with Crippen LogP contribution in [0.1, 0.15) is 12.6 Å². The van der Waals surface area contributed by atoms with Gasteiger partial charge in [0, 0.05) is 30.8 Å². The highest BCUT2D eigenvalue weighted by Crippen LogP contribution is 2.01. The third-order valence-electron chi connectivity index (χ3n) is 2.55. The molecule has 1 heterocycles. The highest BCUT2D eigenvalue weighted by atomic mass is 16.4. The molecule has 18 heavy (non-hydrogen) atoms. The van der Waals surface area contributed by atoms with E-state index in [2.05, 4.69) is 20.6 Å². The van der Waals surface area contributed by atoms with Crippen LogP contribution in [0.25, 0.3) is 0 Å². The molecule has 0 saturated heterocycles. The van der Waals surface area contributed by atoms with E-state index in [0.29, 0.717) is 12.2 Å². The number of amides is 1. The summed E-state index contributed by atoms with van der Waals surface area (Å²) in [4.78, 5) is 29.4. The van der Waals surface area contributed by atoms with Crippen molar-refractivity contribution in [2.24, 2.45) is 5.92 Å². The Morgan fingerprint density at radius 3 is 2.78 bits per heavy atom. The highest BCUT2D eigenvalue weighted by molar-refractivity contribution is 5.85. The number of aliphatic carboxylic acids is 1. The Morgan fingerprint density at radius 2 is 2.28 bits per heavy atom. The molecule has 100 valence electrons. The second-order valence-electron chi connectivity index (χ2n) is 4.14. The summed E-state index contributed by atoms with van der Waals surface area (Å²) in [5, 5.41) is 14.5. The van der Waals surface area contributed by atoms with E-state index in [0.717, 1.165) is 0 Å². The van der Waals surface area contributed by atoms with Crippen LogP contribution in [0.5, 0.6) is 0 Å². The molecule has 0 saturated carbocycles. The number of carboxylic acids is 1. The van der Waals surface area contributed by atoms with Gasteiger partial charge in [0.25, 0.3) is 0 Å². The number of carbonyl (C=O) groups excluding carboxylic acids is 1. The van der Waals surface area contributed by atoms with Crippen LogP contribution in [0.2, 0.25) is 0 Å². The van der Waals surface area contributed by atoms with Gasteiger partial charge in [0.2, 0.25) is 5.91 Å². The summed E-state index contributed by atoms with van der Waals surface area (Å²) in [5.74, 6) is -1.62. The molecule has 7 nitrogen and oxygen atoms in total. The standard InChI is InChI=1S/C11H18N4O3/c1-7(4-12-2)10(16)15-9(11(17)18)3-8-5-13-6-14-8/h5-7,9,12H,3-4H2,1-2H3,(H,13,14)(H,15,16)(H,17,18)/t7?,9-/m1/s1. The second kappa shape index (κ2) is 6.75. The number of nitrogens with zero attached hydrogens (tertiary/aromatic N) is 1. The number of hydrogen-bond donors (Lipinski definition) is 4. The molecule has 0 bridgehead atoms. The van der Waals surface area contributed by atoms with Gasteiger partial charge in [-0.25, -0.2) is 9.78 Å². The zero-order chi connectivity index (χ0) is 13.5. The monoisotopic (exact) mass is 254 g/mol. The van der Waals surface area contributed by atoms with Crippen molar-refractivity contribution in [1.29, 1.82) is 0 Å². The van der Waals surface area contributed by atoms with Crippen LogP contribution in [0.3, 0.4) is 0 Å². The Hall–Kier alpha value is -1.89. The summed E-state index contributed by atoms with van der Waals surface area (Å²) in [6, 6.07) is -0.947. The fraction of sp³-hybridized carbons (Fsp3) is 0.545. The second-order valence-corrected chi connectivity index (χ2v) is 4.14. The first-order chi connectivity index (χ1) is 8.54. The van der Waals surface area contributed by atoms with E-state index >= 15 is 0 Å². The number of carboxylic acid groups (broad SMARTS) is 1. The minimum absolute atomic E-state index is 0.188. The third kappa shape index (κ3) is 4.17. The molecule has 0 spiro atoms. The normalized spacial score (nSPS) is 13.9. The van der Waals surface area contributed by atoms with Gasteiger partial charge >= 0.3 is 5.97 Å². The minimum atomic E-state index is -1.06. The quantitative estimate of drug-likeness (QED) is 0.518. The molecule has 7 heteroatoms. The van der Waals surface area contributed by atoms with Gasteiger partial charge in [0.1, 0.15) is 6.04 Å². The van der Waals surface area contributed by atoms with Crippen LogP contribution < -0.4 is 10.6 Å². The Morgan fingerprint density at radius 1 is 1.56 bits per heavy atom. The topological polar surface area (TPSA) is 107 Å². The molecule has 0 aliphatic heterocycles. The maximum atomic E-state index is 11.7. The van der Waals surface area contributed by atoms with Crippen molar-refractivity contribution in [3.63, 3.8) is 0 Å². The van der Waals surface area contributed by atoms with E-state index in [9.17, 15) is 9.59 Å². The van der Waals surface area contributed by atoms with Crippen molar-refractivity contribution in [1.82, 2.24) is 20.6 Å². The van der Waals surface area contributed by atoms with Gasteiger partial charge in [0.05, 0.1) is 6.33 Å². The predicted molar refractivity (Wildman–Crippen MR) is 64.9 cm³/mol. The average Bonchev–Trinajstić information content (AvgIpc) is 2.81. The zero-order valence-corrected chi connectivity index (χ0v) is 10.4. The first-order valence-corrected chi connectivity index (χ1v) is 5.69. The third-order valence-corrected chi connectivity index (χ3v) is 2.55. The lowest BCUT2D eigenvalue weighted by atomic mass is 10.1. The van der Waals surface area contributed by atoms with E-state index < -0.39 is 12.0 Å². The number of aromatic amines is 1. The van der Waals surface area contributed by atoms with Crippen LogP contribution >= 0.6 is 0 Å². The van der Waals surface area contributed by atoms with Gasteiger partial charge < -0.3 is 20.7 Å². The largest absolute Gasteiger partial charge is 0.480 e. The van der Waals surface area contributed by atoms with Gasteiger partial charge in [-0.1, -0.05) is 6.92 Å². The molecule has 1 aromatic rings. The Kier molecular flexibility index (Phi) is 5.31. The molecule has 1 rings (SSSR count). The molecule has 2 atom stereocenters. The molecule has 1 amide bonds. The van der Waals surface area contributed by atoms with E-state index in [1.807, 2.05) is 0 Å². The molecular formula is C11H18N4O3. The fourth-order valence-electron chi connectivity index (χ4n) is 1.53. The predicted octanol–water partition coefficient (Wildman–Crippen LogP) is -0.623. The Labute approximate surface area is 105 Å². The molecule has 0 aliphatic carbocycles. The average molecular weight is 254 g/mol. The summed E-state index contributed by atoms with van der Waals surface area (Å²) >= 11 is 0. The number of hydrogen-bond acceptors (Lipinski definition) is 4. The first-order valence-electron chi connectivity index (χ1n) is 5.69. The summed E-state index contributed by atoms with van der Waals surface area (Å²) in [5.41, 5.74) is 0.670. The van der Waals surface area contributed by atoms with Gasteiger partial charge in [-0.05, 0) is 7.05 Å². The zero-order valence-electron chi connectivity index (χ0n) is 10.4. The summed E-state index contributed by atoms with van der Waals surface area (Å²) in [6.07, 6.45) is 3.20. The number of nitrogens with one attached hydrogen (secondary N) is 3. The summed E-state index contributed by atoms with van der Waals surface area (Å²) in [6.45, 7) is 2.24. The Balaban J connectivity index is 2.58. The number of rotatable bonds is 7. The minimum Gasteiger partial charge on any atom is -0.480 e. The maximum absolute atomic E-state index is 11.7. The van der Waals surface area contributed by atoms with E-state index in [1.54, 1.807) is 20.2 Å². The first kappa shape index (κ1) is 14.2. The molecule has 0 aromatic carbocycles. The smallest absolute Gasteiger partial charge is 0.326 e. The van der Waals surface area contributed by atoms with Crippen molar-refractivity contribution in [3.8, 4) is 0 Å². The van der Waals surface area contributed by atoms with Crippen LogP contribution in [-0.2, 0) is 16.0 Å². The van der Waals surface area contributed by atoms with Crippen molar-refractivity contribution in [2.75, 3.05) is 13.6 Å². The summed E-state index contributed by atoms with van der Waals surface area (Å²) < 4.78 is 0. The lowest BCUT2D eigenvalue weighted by Crippen LogP contribution is -2.46. The van der Waals surface area contributed by atoms with Gasteiger partial charge in [0.15, 0.2) is 0 Å². The van der Waals surface area contributed by atoms with Crippen LogP contribution in [0.15, 0.2) is 12.5 Å². The van der Waals surface area contributed by atoms with E-state index in [4.69, 9.17) is 5.11 Å². The van der Waals surface area contributed by atoms with Gasteiger partial charge in [-0.3, -0.25) is 4.79 Å². The van der Waals surface area contributed by atoms with Gasteiger partial charge in [-0.2, -0.15) is 0 Å². The maximum Gasteiger partial charge on any atom is 0.326 e. The fourth-order valence-corrected chi connectivity index (χ4v) is 1.53. The SMILES string of the molecule is CNCC(C)C(=O)N[C@H](Cc1cnc[nH]1)C(=O)O. The molecule has 0 aliphatic rings. The van der Waals surface area contributed by atoms with Crippen molar-refractivity contribution in [2.45, 2.75) is 19.4 Å². The summed E-state index contributed by atoms with van der Waals surface area (Å²) in [7, 11) is 1.74. The molecule has 0 fully saturated rings. The number of H-pyrrole nitrogens is 1. The van der Waals surface area contributed by atoms with Crippen molar-refractivity contribution >= 4 is 11.9 Å². The van der Waals surface area contributed by atoms with E-state index in [1.165, 1.54) is 6.33 Å². The number of aromatic nitrogens is 2.